The molecule has 210 valence electrons. The highest BCUT2D eigenvalue weighted by Gasteiger charge is 2.32. The molecule has 11 heteroatoms. The Morgan fingerprint density at radius 1 is 1.17 bits per heavy atom. The van der Waals surface area contributed by atoms with E-state index in [0.29, 0.717) is 18.2 Å². The van der Waals surface area contributed by atoms with Gasteiger partial charge >= 0.3 is 0 Å². The van der Waals surface area contributed by atoms with Crippen LogP contribution < -0.4 is 20.7 Å². The van der Waals surface area contributed by atoms with Gasteiger partial charge in [-0.1, -0.05) is 35.3 Å². The van der Waals surface area contributed by atoms with Crippen LogP contribution in [-0.2, 0) is 11.2 Å². The summed E-state index contributed by atoms with van der Waals surface area (Å²) in [6, 6.07) is 23.9. The Kier molecular flexibility index (Phi) is 9.74. The van der Waals surface area contributed by atoms with Crippen molar-refractivity contribution in [3.63, 3.8) is 0 Å². The van der Waals surface area contributed by atoms with E-state index in [2.05, 4.69) is 39.5 Å². The zero-order valence-electron chi connectivity index (χ0n) is 21.9. The van der Waals surface area contributed by atoms with Crippen molar-refractivity contribution in [2.45, 2.75) is 12.5 Å². The lowest BCUT2D eigenvalue weighted by Gasteiger charge is -2.38. The third-order valence-corrected chi connectivity index (χ3v) is 7.10. The van der Waals surface area contributed by atoms with Crippen LogP contribution in [-0.4, -0.2) is 42.1 Å². The number of benzene rings is 3. The quantitative estimate of drug-likeness (QED) is 0.0585. The first-order chi connectivity index (χ1) is 19.9. The topological polar surface area (TPSA) is 151 Å². The fraction of sp³-hybridized carbons (Fsp3) is 0.167. The number of aromatic nitrogens is 1. The first-order valence-electron chi connectivity index (χ1n) is 12.7. The highest BCUT2D eigenvalue weighted by molar-refractivity contribution is 6.31. The van der Waals surface area contributed by atoms with E-state index in [9.17, 15) is 0 Å². The van der Waals surface area contributed by atoms with Gasteiger partial charge in [-0.2, -0.15) is 5.26 Å². The molecule has 3 aromatic carbocycles. The van der Waals surface area contributed by atoms with Crippen LogP contribution in [0.25, 0.3) is 10.9 Å². The number of fused-ring (bicyclic) bond motifs is 3. The predicted octanol–water partition coefficient (Wildman–Crippen LogP) is 5.64. The molecule has 0 spiro atoms. The van der Waals surface area contributed by atoms with Gasteiger partial charge in [0, 0.05) is 51.6 Å². The summed E-state index contributed by atoms with van der Waals surface area (Å²) >= 11 is 12.5. The van der Waals surface area contributed by atoms with Crippen molar-refractivity contribution < 1.29 is 14.6 Å². The molecule has 0 saturated heterocycles. The first-order valence-corrected chi connectivity index (χ1v) is 13.4. The lowest BCUT2D eigenvalue weighted by atomic mass is 9.91. The van der Waals surface area contributed by atoms with Crippen molar-refractivity contribution in [2.24, 2.45) is 5.73 Å². The van der Waals surface area contributed by atoms with Gasteiger partial charge in [-0.25, -0.2) is 0 Å². The number of hydrogen-bond acceptors (Lipinski definition) is 6. The van der Waals surface area contributed by atoms with Gasteiger partial charge in [-0.05, 0) is 72.1 Å². The lowest BCUT2D eigenvalue weighted by Crippen LogP contribution is -2.36. The zero-order chi connectivity index (χ0) is 29.4. The maximum absolute atomic E-state index is 8.95. The number of anilines is 1. The van der Waals surface area contributed by atoms with Crippen LogP contribution in [0.4, 0.5) is 5.69 Å². The summed E-state index contributed by atoms with van der Waals surface area (Å²) in [4.78, 5) is 14.4. The third-order valence-electron chi connectivity index (χ3n) is 6.62. The Hall–Kier alpha value is -4.65. The molecule has 1 atom stereocenters. The Bertz CT molecular complexity index is 1590. The molecule has 0 amide bonds. The molecule has 1 unspecified atom stereocenters. The van der Waals surface area contributed by atoms with Crippen molar-refractivity contribution >= 4 is 52.1 Å². The Balaban J connectivity index is 0.00000124. The van der Waals surface area contributed by atoms with E-state index in [-0.39, 0.29) is 23.9 Å². The normalized spacial score (nSPS) is 14.3. The van der Waals surface area contributed by atoms with Crippen molar-refractivity contribution in [1.82, 2.24) is 10.3 Å². The van der Waals surface area contributed by atoms with Crippen molar-refractivity contribution in [3.8, 4) is 11.8 Å². The second kappa shape index (κ2) is 13.6. The van der Waals surface area contributed by atoms with E-state index in [1.807, 2.05) is 48.5 Å². The Morgan fingerprint density at radius 2 is 1.85 bits per heavy atom. The van der Waals surface area contributed by atoms with Crippen LogP contribution in [0.3, 0.4) is 0 Å². The number of nitrogens with two attached hydrogens (primary N) is 1. The number of halogens is 2. The second-order valence-electron chi connectivity index (χ2n) is 9.09. The van der Waals surface area contributed by atoms with Crippen molar-refractivity contribution in [2.75, 3.05) is 24.6 Å². The minimum atomic E-state index is -0.270. The summed E-state index contributed by atoms with van der Waals surface area (Å²) in [6.45, 7) is 1.45. The third kappa shape index (κ3) is 6.92. The van der Waals surface area contributed by atoms with Crippen LogP contribution >= 0.6 is 23.2 Å². The number of carboxylic acid groups (broad SMARTS) is 1. The monoisotopic (exact) mass is 590 g/mol. The summed E-state index contributed by atoms with van der Waals surface area (Å²) in [5, 5.41) is 28.7. The van der Waals surface area contributed by atoms with Crippen LogP contribution in [0.15, 0.2) is 78.5 Å². The molecule has 0 bridgehead atoms. The first kappa shape index (κ1) is 29.3. The highest BCUT2D eigenvalue weighted by Crippen LogP contribution is 2.41. The SMILES string of the molecule is N#C/C(=C/NCCOc1ccc(C2c3[nH]c4ccc(Cl)cc4c3CCN2c2ccc(Cl)cc2)cc1)C(=N)N.O=CO. The maximum Gasteiger partial charge on any atom is 0.290 e. The fourth-order valence-corrected chi connectivity index (χ4v) is 5.13. The zero-order valence-corrected chi connectivity index (χ0v) is 23.4. The van der Waals surface area contributed by atoms with Crippen LogP contribution in [0.2, 0.25) is 10.0 Å². The minimum absolute atomic E-state index is 0.0251. The van der Waals surface area contributed by atoms with Gasteiger partial charge < -0.3 is 30.8 Å². The van der Waals surface area contributed by atoms with Crippen molar-refractivity contribution in [1.29, 1.82) is 10.7 Å². The molecule has 1 aliphatic heterocycles. The number of H-pyrrole nitrogens is 1. The second-order valence-corrected chi connectivity index (χ2v) is 9.96. The standard InChI is InChI=1S/C29H26Cl2N6O.CH2O2/c30-20-3-6-22(7-4-20)37-13-11-24-25-15-21(31)5-10-26(25)36-27(24)28(37)18-1-8-23(9-2-18)38-14-12-35-17-19(16-32)29(33)34;2-1-3/h1-10,15,17,28,35-36H,11-14H2,(H3,33,34);1H,(H,2,3)/b19-17-;. The molecule has 6 N–H and O–H groups in total. The van der Waals surface area contributed by atoms with Crippen LogP contribution in [0.5, 0.6) is 5.75 Å². The fourth-order valence-electron chi connectivity index (χ4n) is 4.84. The number of ether oxygens (including phenoxy) is 1. The molecule has 41 heavy (non-hydrogen) atoms. The van der Waals surface area contributed by atoms with Gasteiger partial charge in [0.15, 0.2) is 0 Å². The Morgan fingerprint density at radius 3 is 2.51 bits per heavy atom. The lowest BCUT2D eigenvalue weighted by molar-refractivity contribution is -0.122. The largest absolute Gasteiger partial charge is 0.492 e. The summed E-state index contributed by atoms with van der Waals surface area (Å²) < 4.78 is 5.87. The molecular weight excluding hydrogens is 563 g/mol. The number of nitriles is 1. The highest BCUT2D eigenvalue weighted by atomic mass is 35.5. The molecule has 0 fully saturated rings. The average Bonchev–Trinajstić information content (AvgIpc) is 3.33. The number of aromatic amines is 1. The van der Waals surface area contributed by atoms with E-state index >= 15 is 0 Å². The van der Waals surface area contributed by atoms with Crippen molar-refractivity contribution in [3.05, 3.63) is 105 Å². The predicted molar refractivity (Wildman–Crippen MR) is 162 cm³/mol. The number of nitrogens with zero attached hydrogens (tertiary/aromatic N) is 2. The van der Waals surface area contributed by atoms with Gasteiger partial charge in [-0.15, -0.1) is 0 Å². The molecule has 1 aromatic heterocycles. The van der Waals surface area contributed by atoms with Gasteiger partial charge in [0.1, 0.15) is 29.8 Å². The van der Waals surface area contributed by atoms with E-state index in [0.717, 1.165) is 46.2 Å². The van der Waals surface area contributed by atoms with Crippen LogP contribution in [0, 0.1) is 16.7 Å². The summed E-state index contributed by atoms with van der Waals surface area (Å²) in [5.41, 5.74) is 11.2. The number of carbonyl (C=O) groups is 1. The molecule has 5 rings (SSSR count). The molecule has 1 aliphatic rings. The maximum atomic E-state index is 8.95. The van der Waals surface area contributed by atoms with Crippen LogP contribution in [0.1, 0.15) is 22.9 Å². The molecular formula is C30H28Cl2N6O3. The van der Waals surface area contributed by atoms with Gasteiger partial charge in [0.25, 0.3) is 6.47 Å². The number of nitrogens with one attached hydrogen (secondary N) is 3. The summed E-state index contributed by atoms with van der Waals surface area (Å²) in [5.74, 6) is 0.470. The molecule has 9 nitrogen and oxygen atoms in total. The Labute approximate surface area is 247 Å². The van der Waals surface area contributed by atoms with Gasteiger partial charge in [0.05, 0.1) is 6.04 Å². The van der Waals surface area contributed by atoms with E-state index < -0.39 is 0 Å². The number of amidine groups is 1. The molecule has 0 saturated carbocycles. The number of hydrogen-bond donors (Lipinski definition) is 5. The average molecular weight is 591 g/mol. The van der Waals surface area contributed by atoms with Gasteiger partial charge in [0.2, 0.25) is 0 Å². The van der Waals surface area contributed by atoms with E-state index in [1.165, 1.54) is 17.1 Å². The van der Waals surface area contributed by atoms with Gasteiger partial charge in [-0.3, -0.25) is 10.2 Å². The smallest absolute Gasteiger partial charge is 0.290 e. The molecule has 2 heterocycles. The molecule has 0 aliphatic carbocycles. The summed E-state index contributed by atoms with van der Waals surface area (Å²) in [6.07, 6.45) is 2.32. The molecule has 0 radical (unpaired) electrons. The molecule has 4 aromatic rings. The minimum Gasteiger partial charge on any atom is -0.492 e. The summed E-state index contributed by atoms with van der Waals surface area (Å²) in [7, 11) is 0. The number of rotatable bonds is 8. The van der Waals surface area contributed by atoms with E-state index in [4.69, 9.17) is 54.2 Å². The van der Waals surface area contributed by atoms with E-state index in [1.54, 1.807) is 0 Å².